The van der Waals surface area contributed by atoms with Crippen molar-refractivity contribution in [2.24, 2.45) is 5.92 Å². The van der Waals surface area contributed by atoms with E-state index in [1.807, 2.05) is 24.3 Å². The second kappa shape index (κ2) is 6.57. The lowest BCUT2D eigenvalue weighted by atomic mass is 9.89. The molecule has 126 valence electrons. The fourth-order valence-corrected chi connectivity index (χ4v) is 4.89. The fourth-order valence-electron chi connectivity index (χ4n) is 3.73. The number of carbonyl (C=O) groups is 1. The highest BCUT2D eigenvalue weighted by molar-refractivity contribution is 7.10. The summed E-state index contributed by atoms with van der Waals surface area (Å²) in [6, 6.07) is 9.76. The molecule has 2 unspecified atom stereocenters. The number of carbonyl (C=O) groups excluding carboxylic acids is 1. The van der Waals surface area contributed by atoms with Crippen molar-refractivity contribution in [1.29, 1.82) is 0 Å². The molecule has 24 heavy (non-hydrogen) atoms. The van der Waals surface area contributed by atoms with E-state index in [1.165, 1.54) is 10.4 Å². The Hall–Kier alpha value is -1.85. The molecule has 4 rings (SSSR count). The van der Waals surface area contributed by atoms with Gasteiger partial charge in [0.2, 0.25) is 0 Å². The molecule has 1 fully saturated rings. The van der Waals surface area contributed by atoms with E-state index >= 15 is 0 Å². The zero-order valence-corrected chi connectivity index (χ0v) is 14.6. The first kappa shape index (κ1) is 15.7. The van der Waals surface area contributed by atoms with E-state index in [9.17, 15) is 4.79 Å². The van der Waals surface area contributed by atoms with E-state index < -0.39 is 0 Å². The Morgan fingerprint density at radius 3 is 2.83 bits per heavy atom. The first-order valence-electron chi connectivity index (χ1n) is 8.37. The molecule has 0 spiro atoms. The first-order valence-corrected chi connectivity index (χ1v) is 9.25. The molecule has 2 aliphatic heterocycles. The van der Waals surface area contributed by atoms with Gasteiger partial charge >= 0.3 is 0 Å². The van der Waals surface area contributed by atoms with Crippen molar-refractivity contribution in [1.82, 2.24) is 4.90 Å². The van der Waals surface area contributed by atoms with Gasteiger partial charge in [0.25, 0.3) is 5.91 Å². The van der Waals surface area contributed by atoms with Gasteiger partial charge < -0.3 is 14.4 Å². The van der Waals surface area contributed by atoms with Crippen LogP contribution in [0, 0.1) is 5.92 Å². The monoisotopic (exact) mass is 343 g/mol. The van der Waals surface area contributed by atoms with Gasteiger partial charge in [-0.2, -0.15) is 0 Å². The summed E-state index contributed by atoms with van der Waals surface area (Å²) in [4.78, 5) is 16.5. The molecule has 0 radical (unpaired) electrons. The van der Waals surface area contributed by atoms with Crippen LogP contribution in [0.1, 0.15) is 33.3 Å². The third-order valence-electron chi connectivity index (χ3n) is 5.02. The number of nitrogens with zero attached hydrogens (tertiary/aromatic N) is 1. The van der Waals surface area contributed by atoms with E-state index in [0.717, 1.165) is 43.9 Å². The molecule has 2 aliphatic rings. The third kappa shape index (κ3) is 2.72. The van der Waals surface area contributed by atoms with Gasteiger partial charge in [0.1, 0.15) is 5.75 Å². The van der Waals surface area contributed by atoms with Crippen LogP contribution >= 0.6 is 11.3 Å². The third-order valence-corrected chi connectivity index (χ3v) is 6.05. The number of benzene rings is 1. The molecule has 2 atom stereocenters. The second-order valence-corrected chi connectivity index (χ2v) is 7.30. The van der Waals surface area contributed by atoms with Crippen molar-refractivity contribution >= 4 is 17.2 Å². The van der Waals surface area contributed by atoms with Gasteiger partial charge in [-0.15, -0.1) is 11.3 Å². The molecule has 1 amide bonds. The predicted octanol–water partition coefficient (Wildman–Crippen LogP) is 3.53. The molecule has 4 nitrogen and oxygen atoms in total. The number of hydrogen-bond acceptors (Lipinski definition) is 4. The molecule has 0 saturated carbocycles. The highest BCUT2D eigenvalue weighted by atomic mass is 32.1. The highest BCUT2D eigenvalue weighted by Crippen LogP contribution is 2.42. The van der Waals surface area contributed by atoms with Gasteiger partial charge in [-0.1, -0.05) is 0 Å². The molecule has 0 aliphatic carbocycles. The number of methoxy groups -OCH3 is 1. The SMILES string of the molecule is COc1ccc(C(=O)N2CCc3ccsc3C2C2CCOC2)cc1. The van der Waals surface area contributed by atoms with Crippen molar-refractivity contribution in [3.63, 3.8) is 0 Å². The number of amides is 1. The second-order valence-electron chi connectivity index (χ2n) is 6.36. The maximum absolute atomic E-state index is 13.1. The lowest BCUT2D eigenvalue weighted by Gasteiger charge is -2.38. The van der Waals surface area contributed by atoms with Gasteiger partial charge in [0.15, 0.2) is 0 Å². The summed E-state index contributed by atoms with van der Waals surface area (Å²) in [5, 5.41) is 2.15. The minimum Gasteiger partial charge on any atom is -0.497 e. The van der Waals surface area contributed by atoms with Gasteiger partial charge in [0, 0.05) is 29.5 Å². The Morgan fingerprint density at radius 1 is 1.29 bits per heavy atom. The maximum Gasteiger partial charge on any atom is 0.254 e. The van der Waals surface area contributed by atoms with E-state index in [2.05, 4.69) is 16.3 Å². The summed E-state index contributed by atoms with van der Waals surface area (Å²) in [5.74, 6) is 1.27. The number of thiophene rings is 1. The molecule has 5 heteroatoms. The quantitative estimate of drug-likeness (QED) is 0.856. The molecule has 2 aromatic rings. The highest BCUT2D eigenvalue weighted by Gasteiger charge is 2.39. The van der Waals surface area contributed by atoms with E-state index in [1.54, 1.807) is 18.4 Å². The van der Waals surface area contributed by atoms with Crippen molar-refractivity contribution in [3.05, 3.63) is 51.7 Å². The molecule has 1 saturated heterocycles. The van der Waals surface area contributed by atoms with E-state index in [0.29, 0.717) is 5.92 Å². The largest absolute Gasteiger partial charge is 0.497 e. The van der Waals surface area contributed by atoms with Gasteiger partial charge in [-0.3, -0.25) is 4.79 Å². The number of ether oxygens (including phenoxy) is 2. The predicted molar refractivity (Wildman–Crippen MR) is 93.7 cm³/mol. The first-order chi connectivity index (χ1) is 11.8. The molecule has 3 heterocycles. The van der Waals surface area contributed by atoms with Crippen molar-refractivity contribution in [2.75, 3.05) is 26.9 Å². The number of rotatable bonds is 3. The molecular formula is C19H21NO3S. The Morgan fingerprint density at radius 2 is 2.12 bits per heavy atom. The van der Waals surface area contributed by atoms with Crippen LogP contribution in [0.15, 0.2) is 35.7 Å². The minimum atomic E-state index is 0.105. The number of hydrogen-bond donors (Lipinski definition) is 0. The summed E-state index contributed by atoms with van der Waals surface area (Å²) < 4.78 is 10.8. The van der Waals surface area contributed by atoms with Crippen LogP contribution < -0.4 is 4.74 Å². The minimum absolute atomic E-state index is 0.105. The zero-order chi connectivity index (χ0) is 16.5. The normalized spacial score (nSPS) is 23.1. The van der Waals surface area contributed by atoms with Crippen LogP contribution in [0.4, 0.5) is 0 Å². The van der Waals surface area contributed by atoms with Crippen LogP contribution in [0.5, 0.6) is 5.75 Å². The lowest BCUT2D eigenvalue weighted by molar-refractivity contribution is 0.0569. The standard InChI is InChI=1S/C19H21NO3S/c1-22-16-4-2-14(3-5-16)19(21)20-9-6-13-8-11-24-18(13)17(20)15-7-10-23-12-15/h2-5,8,11,15,17H,6-7,9-10,12H2,1H3. The van der Waals surface area contributed by atoms with Crippen LogP contribution in [0.3, 0.4) is 0 Å². The van der Waals surface area contributed by atoms with Crippen LogP contribution in [-0.2, 0) is 11.2 Å². The van der Waals surface area contributed by atoms with Gasteiger partial charge in [-0.05, 0) is 54.1 Å². The molecule has 1 aromatic heterocycles. The average Bonchev–Trinajstić information content (AvgIpc) is 3.31. The smallest absolute Gasteiger partial charge is 0.254 e. The van der Waals surface area contributed by atoms with E-state index in [4.69, 9.17) is 9.47 Å². The fraction of sp³-hybridized carbons (Fsp3) is 0.421. The van der Waals surface area contributed by atoms with Crippen molar-refractivity contribution in [2.45, 2.75) is 18.9 Å². The van der Waals surface area contributed by atoms with Crippen molar-refractivity contribution in [3.8, 4) is 5.75 Å². The Balaban J connectivity index is 1.65. The average molecular weight is 343 g/mol. The van der Waals surface area contributed by atoms with Gasteiger partial charge in [0.05, 0.1) is 19.8 Å². The zero-order valence-electron chi connectivity index (χ0n) is 13.7. The van der Waals surface area contributed by atoms with Crippen molar-refractivity contribution < 1.29 is 14.3 Å². The Labute approximate surface area is 146 Å². The summed E-state index contributed by atoms with van der Waals surface area (Å²) in [5.41, 5.74) is 2.12. The molecule has 0 N–H and O–H groups in total. The van der Waals surface area contributed by atoms with E-state index in [-0.39, 0.29) is 11.9 Å². The van der Waals surface area contributed by atoms with Crippen LogP contribution in [0.2, 0.25) is 0 Å². The summed E-state index contributed by atoms with van der Waals surface area (Å²) >= 11 is 1.77. The Kier molecular flexibility index (Phi) is 4.29. The molecule has 1 aromatic carbocycles. The van der Waals surface area contributed by atoms with Crippen LogP contribution in [0.25, 0.3) is 0 Å². The topological polar surface area (TPSA) is 38.8 Å². The van der Waals surface area contributed by atoms with Gasteiger partial charge in [-0.25, -0.2) is 0 Å². The Bertz CT molecular complexity index is 718. The summed E-state index contributed by atoms with van der Waals surface area (Å²) in [6.45, 7) is 2.32. The molecular weight excluding hydrogens is 322 g/mol. The summed E-state index contributed by atoms with van der Waals surface area (Å²) in [7, 11) is 1.63. The van der Waals surface area contributed by atoms with Crippen LogP contribution in [-0.4, -0.2) is 37.7 Å². The lowest BCUT2D eigenvalue weighted by Crippen LogP contribution is -2.42. The maximum atomic E-state index is 13.1. The summed E-state index contributed by atoms with van der Waals surface area (Å²) in [6.07, 6.45) is 1.96. The molecule has 0 bridgehead atoms. The number of fused-ring (bicyclic) bond motifs is 1.